The topological polar surface area (TPSA) is 43.6 Å². The lowest BCUT2D eigenvalue weighted by molar-refractivity contribution is 0.297. The fourth-order valence-corrected chi connectivity index (χ4v) is 4.94. The number of halogens is 2. The van der Waals surface area contributed by atoms with Crippen molar-refractivity contribution in [1.82, 2.24) is 9.38 Å². The summed E-state index contributed by atoms with van der Waals surface area (Å²) in [4.78, 5) is 18.1. The van der Waals surface area contributed by atoms with Crippen LogP contribution in [0, 0.1) is 9.39 Å². The second kappa shape index (κ2) is 7.81. The van der Waals surface area contributed by atoms with Gasteiger partial charge in [-0.2, -0.15) is 0 Å². The maximum absolute atomic E-state index is 13.8. The first kappa shape index (κ1) is 19.2. The Bertz CT molecular complexity index is 1510. The van der Waals surface area contributed by atoms with Gasteiger partial charge in [0.25, 0.3) is 5.56 Å². The van der Waals surface area contributed by atoms with Gasteiger partial charge in [0.2, 0.25) is 0 Å². The van der Waals surface area contributed by atoms with Crippen molar-refractivity contribution in [2.24, 2.45) is 0 Å². The predicted octanol–water partition coefficient (Wildman–Crippen LogP) is 4.78. The third kappa shape index (κ3) is 3.48. The summed E-state index contributed by atoms with van der Waals surface area (Å²) in [7, 11) is 0. The number of aromatic nitrogens is 2. The zero-order chi connectivity index (χ0) is 20.7. The molecule has 0 saturated carbocycles. The molecule has 0 N–H and O–H groups in total. The Hall–Kier alpha value is -2.78. The molecular weight excluding hydrogens is 514 g/mol. The number of ether oxygens (including phenoxy) is 1. The average molecular weight is 528 g/mol. The Balaban J connectivity index is 1.46. The van der Waals surface area contributed by atoms with Crippen LogP contribution in [0.4, 0.5) is 4.39 Å². The molecular formula is C23H14FIN2O2S. The second-order valence-corrected chi connectivity index (χ2v) is 8.88. The summed E-state index contributed by atoms with van der Waals surface area (Å²) >= 11 is 3.55. The van der Waals surface area contributed by atoms with E-state index in [1.165, 1.54) is 17.4 Å². The van der Waals surface area contributed by atoms with Crippen molar-refractivity contribution in [3.05, 3.63) is 102 Å². The van der Waals surface area contributed by atoms with Crippen molar-refractivity contribution in [3.63, 3.8) is 0 Å². The number of para-hydroxylation sites is 2. The molecule has 0 amide bonds. The lowest BCUT2D eigenvalue weighted by Crippen LogP contribution is -2.22. The Morgan fingerprint density at radius 3 is 2.73 bits per heavy atom. The van der Waals surface area contributed by atoms with E-state index in [1.807, 2.05) is 48.5 Å². The maximum Gasteiger partial charge on any atom is 0.274 e. The molecule has 0 saturated heterocycles. The van der Waals surface area contributed by atoms with Gasteiger partial charge in [-0.3, -0.25) is 4.79 Å². The number of rotatable bonds is 4. The van der Waals surface area contributed by atoms with E-state index in [0.717, 1.165) is 20.2 Å². The molecule has 30 heavy (non-hydrogen) atoms. The minimum absolute atomic E-state index is 0.0708. The fourth-order valence-electron chi connectivity index (χ4n) is 3.26. The minimum Gasteiger partial charge on any atom is -0.488 e. The Kier molecular flexibility index (Phi) is 5.00. The summed E-state index contributed by atoms with van der Waals surface area (Å²) in [5.74, 6) is 0.390. The molecule has 5 rings (SSSR count). The minimum atomic E-state index is -0.282. The van der Waals surface area contributed by atoms with Crippen molar-refractivity contribution in [2.45, 2.75) is 6.61 Å². The third-order valence-electron chi connectivity index (χ3n) is 4.74. The van der Waals surface area contributed by atoms with Gasteiger partial charge in [0.15, 0.2) is 4.96 Å². The van der Waals surface area contributed by atoms with E-state index >= 15 is 0 Å². The molecule has 0 unspecified atom stereocenters. The van der Waals surface area contributed by atoms with E-state index < -0.39 is 0 Å². The standard InChI is InChI=1S/C23H14FIN2O2S/c24-16-6-2-1-5-15(16)13-29-20-10-9-14(11-17(20)25)12-21-22(28)27-19-8-4-3-7-18(19)26-23(27)30-21/h1-12H,13H2/b21-12-. The predicted molar refractivity (Wildman–Crippen MR) is 126 cm³/mol. The van der Waals surface area contributed by atoms with Crippen LogP contribution in [-0.4, -0.2) is 9.38 Å². The zero-order valence-electron chi connectivity index (χ0n) is 15.5. The van der Waals surface area contributed by atoms with E-state index in [0.29, 0.717) is 20.8 Å². The molecule has 148 valence electrons. The molecule has 0 aliphatic rings. The first-order valence-corrected chi connectivity index (χ1v) is 11.1. The molecule has 2 heterocycles. The van der Waals surface area contributed by atoms with Crippen LogP contribution in [0.1, 0.15) is 11.1 Å². The molecule has 3 aromatic carbocycles. The van der Waals surface area contributed by atoms with Crippen LogP contribution in [0.2, 0.25) is 0 Å². The number of thiazole rings is 1. The molecule has 0 radical (unpaired) electrons. The van der Waals surface area contributed by atoms with Gasteiger partial charge in [0.1, 0.15) is 18.2 Å². The van der Waals surface area contributed by atoms with Crippen LogP contribution < -0.4 is 14.8 Å². The van der Waals surface area contributed by atoms with Crippen LogP contribution in [0.5, 0.6) is 5.75 Å². The smallest absolute Gasteiger partial charge is 0.274 e. The van der Waals surface area contributed by atoms with Crippen molar-refractivity contribution >= 4 is 56.0 Å². The summed E-state index contributed by atoms with van der Waals surface area (Å²) in [5, 5.41) is 0. The van der Waals surface area contributed by atoms with Crippen LogP contribution in [0.25, 0.3) is 22.1 Å². The molecule has 0 aliphatic heterocycles. The second-order valence-electron chi connectivity index (χ2n) is 6.70. The van der Waals surface area contributed by atoms with E-state index in [9.17, 15) is 9.18 Å². The highest BCUT2D eigenvalue weighted by Gasteiger charge is 2.11. The molecule has 0 fully saturated rings. The zero-order valence-corrected chi connectivity index (χ0v) is 18.5. The molecule has 0 spiro atoms. The highest BCUT2D eigenvalue weighted by molar-refractivity contribution is 14.1. The number of imidazole rings is 1. The Morgan fingerprint density at radius 2 is 1.90 bits per heavy atom. The third-order valence-corrected chi connectivity index (χ3v) is 6.55. The molecule has 0 aliphatic carbocycles. The number of hydrogen-bond donors (Lipinski definition) is 0. The van der Waals surface area contributed by atoms with E-state index in [4.69, 9.17) is 4.74 Å². The van der Waals surface area contributed by atoms with Gasteiger partial charge < -0.3 is 4.74 Å². The molecule has 7 heteroatoms. The first-order chi connectivity index (χ1) is 14.6. The summed E-state index contributed by atoms with van der Waals surface area (Å²) in [6, 6.07) is 19.9. The number of nitrogens with zero attached hydrogens (tertiary/aromatic N) is 2. The summed E-state index contributed by atoms with van der Waals surface area (Å²) in [5.41, 5.74) is 2.97. The molecule has 0 atom stereocenters. The van der Waals surface area contributed by atoms with Gasteiger partial charge in [-0.15, -0.1) is 0 Å². The molecule has 5 aromatic rings. The van der Waals surface area contributed by atoms with Crippen LogP contribution in [0.3, 0.4) is 0 Å². The van der Waals surface area contributed by atoms with Crippen LogP contribution in [-0.2, 0) is 6.61 Å². The first-order valence-electron chi connectivity index (χ1n) is 9.17. The quantitative estimate of drug-likeness (QED) is 0.316. The fraction of sp³-hybridized carbons (Fsp3) is 0.0435. The monoisotopic (exact) mass is 528 g/mol. The van der Waals surface area contributed by atoms with Gasteiger partial charge in [-0.05, 0) is 64.6 Å². The summed E-state index contributed by atoms with van der Waals surface area (Å²) in [6.45, 7) is 0.158. The average Bonchev–Trinajstić information content (AvgIpc) is 3.25. The molecule has 4 nitrogen and oxygen atoms in total. The Morgan fingerprint density at radius 1 is 1.10 bits per heavy atom. The lowest BCUT2D eigenvalue weighted by atomic mass is 10.2. The van der Waals surface area contributed by atoms with Crippen molar-refractivity contribution < 1.29 is 9.13 Å². The number of hydrogen-bond acceptors (Lipinski definition) is 4. The van der Waals surface area contributed by atoms with Crippen LogP contribution in [0.15, 0.2) is 71.5 Å². The van der Waals surface area contributed by atoms with Gasteiger partial charge >= 0.3 is 0 Å². The normalized spacial score (nSPS) is 12.1. The van der Waals surface area contributed by atoms with Crippen molar-refractivity contribution in [1.29, 1.82) is 0 Å². The largest absolute Gasteiger partial charge is 0.488 e. The van der Waals surface area contributed by atoms with E-state index in [1.54, 1.807) is 22.6 Å². The van der Waals surface area contributed by atoms with Crippen molar-refractivity contribution in [2.75, 3.05) is 0 Å². The van der Waals surface area contributed by atoms with Crippen LogP contribution >= 0.6 is 33.9 Å². The highest BCUT2D eigenvalue weighted by Crippen LogP contribution is 2.24. The molecule has 2 aromatic heterocycles. The summed E-state index contributed by atoms with van der Waals surface area (Å²) < 4.78 is 22.7. The number of fused-ring (bicyclic) bond motifs is 3. The molecule has 0 bridgehead atoms. The SMILES string of the molecule is O=c1/c(=C/c2ccc(OCc3ccccc3F)c(I)c2)sc2nc3ccccc3n12. The maximum atomic E-state index is 13.8. The van der Waals surface area contributed by atoms with Gasteiger partial charge in [-0.1, -0.05) is 47.7 Å². The van der Waals surface area contributed by atoms with Gasteiger partial charge in [-0.25, -0.2) is 13.8 Å². The lowest BCUT2D eigenvalue weighted by Gasteiger charge is -2.09. The number of benzene rings is 3. The van der Waals surface area contributed by atoms with Gasteiger partial charge in [0.05, 0.1) is 19.1 Å². The van der Waals surface area contributed by atoms with Crippen molar-refractivity contribution in [3.8, 4) is 5.75 Å². The Labute approximate surface area is 188 Å². The highest BCUT2D eigenvalue weighted by atomic mass is 127. The summed E-state index contributed by atoms with van der Waals surface area (Å²) in [6.07, 6.45) is 1.86. The van der Waals surface area contributed by atoms with Gasteiger partial charge in [0, 0.05) is 5.56 Å². The van der Waals surface area contributed by atoms with E-state index in [2.05, 4.69) is 27.6 Å². The van der Waals surface area contributed by atoms with E-state index in [-0.39, 0.29) is 18.0 Å².